The lowest BCUT2D eigenvalue weighted by Gasteiger charge is -2.21. The molecule has 0 saturated carbocycles. The molecule has 1 saturated heterocycles. The number of anilines is 3. The zero-order valence-corrected chi connectivity index (χ0v) is 15.9. The van der Waals surface area contributed by atoms with Gasteiger partial charge in [0.1, 0.15) is 23.8 Å². The first-order chi connectivity index (χ1) is 14.1. The Morgan fingerprint density at radius 1 is 1.17 bits per heavy atom. The third kappa shape index (κ3) is 4.40. The smallest absolute Gasteiger partial charge is 0.229 e. The quantitative estimate of drug-likeness (QED) is 0.614. The maximum atomic E-state index is 12.3. The van der Waals surface area contributed by atoms with Crippen molar-refractivity contribution in [2.75, 3.05) is 17.2 Å². The minimum absolute atomic E-state index is 0.000514. The Labute approximate surface area is 167 Å². The monoisotopic (exact) mass is 391 g/mol. The predicted octanol–water partition coefficient (Wildman–Crippen LogP) is 2.18. The van der Waals surface area contributed by atoms with Crippen molar-refractivity contribution in [3.05, 3.63) is 54.9 Å². The summed E-state index contributed by atoms with van der Waals surface area (Å²) in [6.07, 6.45) is 6.02. The zero-order valence-electron chi connectivity index (χ0n) is 15.9. The number of hydrogen-bond acceptors (Lipinski definition) is 6. The maximum absolute atomic E-state index is 12.3. The van der Waals surface area contributed by atoms with Gasteiger partial charge < -0.3 is 16.0 Å². The van der Waals surface area contributed by atoms with Crippen LogP contribution in [0.15, 0.2) is 49.1 Å². The predicted molar refractivity (Wildman–Crippen MR) is 108 cm³/mol. The van der Waals surface area contributed by atoms with Crippen LogP contribution in [0.4, 0.5) is 17.2 Å². The molecule has 0 unspecified atom stereocenters. The van der Waals surface area contributed by atoms with Crippen molar-refractivity contribution in [1.82, 2.24) is 24.8 Å². The van der Waals surface area contributed by atoms with E-state index in [0.29, 0.717) is 30.9 Å². The fraction of sp³-hybridized carbons (Fsp3) is 0.250. The fourth-order valence-electron chi connectivity index (χ4n) is 3.15. The number of benzene rings is 1. The lowest BCUT2D eigenvalue weighted by Crippen LogP contribution is -2.40. The van der Waals surface area contributed by atoms with Crippen LogP contribution >= 0.6 is 0 Å². The van der Waals surface area contributed by atoms with E-state index < -0.39 is 0 Å². The van der Waals surface area contributed by atoms with Crippen LogP contribution in [-0.4, -0.2) is 37.9 Å². The number of amides is 2. The van der Waals surface area contributed by atoms with Crippen LogP contribution < -0.4 is 16.0 Å². The summed E-state index contributed by atoms with van der Waals surface area (Å²) in [5.74, 6) is 1.94. The Morgan fingerprint density at radius 3 is 2.66 bits per heavy atom. The third-order valence-corrected chi connectivity index (χ3v) is 4.79. The highest BCUT2D eigenvalue weighted by Gasteiger charge is 2.24. The molecule has 1 aromatic carbocycles. The molecule has 1 aliphatic rings. The molecule has 148 valence electrons. The van der Waals surface area contributed by atoms with Gasteiger partial charge >= 0.3 is 0 Å². The van der Waals surface area contributed by atoms with Crippen molar-refractivity contribution in [3.8, 4) is 5.82 Å². The average Bonchev–Trinajstić information content (AvgIpc) is 3.16. The summed E-state index contributed by atoms with van der Waals surface area (Å²) in [5, 5.41) is 8.85. The van der Waals surface area contributed by atoms with E-state index >= 15 is 0 Å². The van der Waals surface area contributed by atoms with Gasteiger partial charge in [-0.2, -0.15) is 0 Å². The molecule has 3 aromatic rings. The summed E-state index contributed by atoms with van der Waals surface area (Å²) in [5.41, 5.74) is 1.54. The van der Waals surface area contributed by atoms with Crippen LogP contribution in [0.1, 0.15) is 18.7 Å². The Morgan fingerprint density at radius 2 is 1.97 bits per heavy atom. The number of piperidine rings is 1. The molecule has 9 heteroatoms. The SMILES string of the molecule is Cc1nccn1-c1cc(Nc2ccc(NC(=O)[C@H]3CCC(=O)NC3)cc2)ncn1. The van der Waals surface area contributed by atoms with Gasteiger partial charge in [0.15, 0.2) is 0 Å². The topological polar surface area (TPSA) is 114 Å². The summed E-state index contributed by atoms with van der Waals surface area (Å²) < 4.78 is 1.87. The minimum Gasteiger partial charge on any atom is -0.355 e. The Bertz CT molecular complexity index is 1020. The largest absolute Gasteiger partial charge is 0.355 e. The molecule has 1 fully saturated rings. The van der Waals surface area contributed by atoms with E-state index in [1.165, 1.54) is 6.33 Å². The average molecular weight is 391 g/mol. The van der Waals surface area contributed by atoms with E-state index in [4.69, 9.17) is 0 Å². The molecule has 0 bridgehead atoms. The van der Waals surface area contributed by atoms with Gasteiger partial charge in [-0.3, -0.25) is 14.2 Å². The zero-order chi connectivity index (χ0) is 20.2. The molecule has 2 amide bonds. The van der Waals surface area contributed by atoms with E-state index in [1.807, 2.05) is 48.0 Å². The number of hydrogen-bond donors (Lipinski definition) is 3. The normalized spacial score (nSPS) is 16.2. The van der Waals surface area contributed by atoms with Gasteiger partial charge in [-0.15, -0.1) is 0 Å². The van der Waals surface area contributed by atoms with Crippen molar-refractivity contribution in [1.29, 1.82) is 0 Å². The fourth-order valence-corrected chi connectivity index (χ4v) is 3.15. The third-order valence-electron chi connectivity index (χ3n) is 4.79. The van der Waals surface area contributed by atoms with Gasteiger partial charge in [0.25, 0.3) is 0 Å². The van der Waals surface area contributed by atoms with E-state index in [9.17, 15) is 9.59 Å². The van der Waals surface area contributed by atoms with Crippen molar-refractivity contribution < 1.29 is 9.59 Å². The van der Waals surface area contributed by atoms with Crippen molar-refractivity contribution >= 4 is 29.0 Å². The minimum atomic E-state index is -0.198. The van der Waals surface area contributed by atoms with Crippen LogP contribution in [0.2, 0.25) is 0 Å². The van der Waals surface area contributed by atoms with Crippen LogP contribution in [0.3, 0.4) is 0 Å². The lowest BCUT2D eigenvalue weighted by atomic mass is 9.98. The molecular weight excluding hydrogens is 370 g/mol. The van der Waals surface area contributed by atoms with E-state index in [0.717, 1.165) is 17.3 Å². The van der Waals surface area contributed by atoms with Crippen LogP contribution in [0.25, 0.3) is 5.82 Å². The Balaban J connectivity index is 1.39. The maximum Gasteiger partial charge on any atom is 0.229 e. The Hall–Kier alpha value is -3.75. The van der Waals surface area contributed by atoms with Crippen LogP contribution in [0, 0.1) is 12.8 Å². The van der Waals surface area contributed by atoms with Gasteiger partial charge in [-0.1, -0.05) is 0 Å². The summed E-state index contributed by atoms with van der Waals surface area (Å²) in [6.45, 7) is 2.29. The molecule has 1 atom stereocenters. The first-order valence-electron chi connectivity index (χ1n) is 9.35. The number of aryl methyl sites for hydroxylation is 1. The van der Waals surface area contributed by atoms with Crippen LogP contribution in [0.5, 0.6) is 0 Å². The summed E-state index contributed by atoms with van der Waals surface area (Å²) in [6, 6.07) is 9.21. The number of imidazole rings is 1. The van der Waals surface area contributed by atoms with E-state index in [1.54, 1.807) is 6.20 Å². The molecule has 1 aliphatic heterocycles. The second-order valence-corrected chi connectivity index (χ2v) is 6.84. The van der Waals surface area contributed by atoms with Crippen molar-refractivity contribution in [3.63, 3.8) is 0 Å². The highest BCUT2D eigenvalue weighted by molar-refractivity contribution is 5.94. The van der Waals surface area contributed by atoms with E-state index in [-0.39, 0.29) is 17.7 Å². The molecule has 0 aliphatic carbocycles. The summed E-state index contributed by atoms with van der Waals surface area (Å²) >= 11 is 0. The summed E-state index contributed by atoms with van der Waals surface area (Å²) in [7, 11) is 0. The molecule has 0 radical (unpaired) electrons. The second-order valence-electron chi connectivity index (χ2n) is 6.84. The molecular formula is C20H21N7O2. The van der Waals surface area contributed by atoms with Gasteiger partial charge in [0.2, 0.25) is 11.8 Å². The van der Waals surface area contributed by atoms with E-state index in [2.05, 4.69) is 30.9 Å². The van der Waals surface area contributed by atoms with Gasteiger partial charge in [-0.25, -0.2) is 15.0 Å². The Kier molecular flexibility index (Phi) is 5.19. The van der Waals surface area contributed by atoms with Crippen LogP contribution in [-0.2, 0) is 9.59 Å². The number of carbonyl (C=O) groups is 2. The second kappa shape index (κ2) is 8.09. The molecule has 4 rings (SSSR count). The summed E-state index contributed by atoms with van der Waals surface area (Å²) in [4.78, 5) is 36.3. The lowest BCUT2D eigenvalue weighted by molar-refractivity contribution is -0.126. The molecule has 3 N–H and O–H groups in total. The van der Waals surface area contributed by atoms with Gasteiger partial charge in [-0.05, 0) is 37.6 Å². The first kappa shape index (κ1) is 18.6. The molecule has 3 heterocycles. The standard InChI is InChI=1S/C20H21N7O2/c1-13-21-8-9-27(13)18-10-17(23-12-24-18)25-15-3-5-16(6-4-15)26-20(29)14-2-7-19(28)22-11-14/h3-6,8-10,12,14H,2,7,11H2,1H3,(H,22,28)(H,26,29)(H,23,24,25)/t14-/m0/s1. The molecule has 2 aromatic heterocycles. The van der Waals surface area contributed by atoms with Crippen molar-refractivity contribution in [2.24, 2.45) is 5.92 Å². The first-order valence-corrected chi connectivity index (χ1v) is 9.35. The number of carbonyl (C=O) groups excluding carboxylic acids is 2. The van der Waals surface area contributed by atoms with Gasteiger partial charge in [0.05, 0.1) is 5.92 Å². The molecule has 0 spiro atoms. The molecule has 29 heavy (non-hydrogen) atoms. The number of nitrogens with one attached hydrogen (secondary N) is 3. The number of nitrogens with zero attached hydrogens (tertiary/aromatic N) is 4. The highest BCUT2D eigenvalue weighted by atomic mass is 16.2. The number of aromatic nitrogens is 4. The number of rotatable bonds is 5. The molecule has 9 nitrogen and oxygen atoms in total. The highest BCUT2D eigenvalue weighted by Crippen LogP contribution is 2.20. The van der Waals surface area contributed by atoms with Crippen molar-refractivity contribution in [2.45, 2.75) is 19.8 Å². The van der Waals surface area contributed by atoms with Gasteiger partial charge in [0, 0.05) is 42.8 Å².